The smallest absolute Gasteiger partial charge is 0.240 e. The first-order valence-electron chi connectivity index (χ1n) is 6.15. The third kappa shape index (κ3) is 4.44. The lowest BCUT2D eigenvalue weighted by atomic mass is 10.1. The third-order valence-electron chi connectivity index (χ3n) is 2.86. The molecule has 102 valence electrons. The molecule has 1 fully saturated rings. The van der Waals surface area contributed by atoms with Gasteiger partial charge in [-0.25, -0.2) is 0 Å². The fourth-order valence-electron chi connectivity index (χ4n) is 1.67. The maximum atomic E-state index is 11.7. The summed E-state index contributed by atoms with van der Waals surface area (Å²) in [5, 5.41) is 6.37. The summed E-state index contributed by atoms with van der Waals surface area (Å²) >= 11 is 5.78. The van der Waals surface area contributed by atoms with Gasteiger partial charge in [0.25, 0.3) is 0 Å². The molecule has 1 aliphatic rings. The van der Waals surface area contributed by atoms with Crippen LogP contribution in [0.5, 0.6) is 0 Å². The van der Waals surface area contributed by atoms with Gasteiger partial charge >= 0.3 is 0 Å². The van der Waals surface area contributed by atoms with Crippen molar-refractivity contribution in [3.05, 3.63) is 29.3 Å². The summed E-state index contributed by atoms with van der Waals surface area (Å²) in [4.78, 5) is 23.0. The second-order valence-electron chi connectivity index (χ2n) is 4.65. The van der Waals surface area contributed by atoms with Gasteiger partial charge in [0.2, 0.25) is 11.8 Å². The van der Waals surface area contributed by atoms with E-state index in [-0.39, 0.29) is 18.4 Å². The number of carbonyl (C=O) groups is 2. The van der Waals surface area contributed by atoms with Crippen LogP contribution in [0.1, 0.15) is 19.3 Å². The van der Waals surface area contributed by atoms with Crippen molar-refractivity contribution in [2.24, 2.45) is 5.73 Å². The van der Waals surface area contributed by atoms with E-state index in [4.69, 9.17) is 17.3 Å². The number of hydrogen-bond donors (Lipinski definition) is 3. The highest BCUT2D eigenvalue weighted by atomic mass is 35.5. The summed E-state index contributed by atoms with van der Waals surface area (Å²) in [5.41, 5.74) is 6.00. The predicted molar refractivity (Wildman–Crippen MR) is 73.8 cm³/mol. The molecular weight excluding hydrogens is 266 g/mol. The molecule has 4 N–H and O–H groups in total. The average Bonchev–Trinajstić information content (AvgIpc) is 3.14. The molecular formula is C13H16ClN3O2. The normalized spacial score (nSPS) is 15.6. The van der Waals surface area contributed by atoms with Crippen LogP contribution in [0.15, 0.2) is 24.3 Å². The van der Waals surface area contributed by atoms with Gasteiger partial charge in [0.15, 0.2) is 0 Å². The zero-order chi connectivity index (χ0) is 13.8. The Kier molecular flexibility index (Phi) is 4.27. The molecule has 0 heterocycles. The highest BCUT2D eigenvalue weighted by molar-refractivity contribution is 6.30. The first-order chi connectivity index (χ1) is 9.04. The molecule has 1 aliphatic carbocycles. The van der Waals surface area contributed by atoms with E-state index in [1.165, 1.54) is 0 Å². The average molecular weight is 282 g/mol. The van der Waals surface area contributed by atoms with Crippen molar-refractivity contribution in [2.45, 2.75) is 31.3 Å². The largest absolute Gasteiger partial charge is 0.373 e. The van der Waals surface area contributed by atoms with Crippen molar-refractivity contribution < 1.29 is 9.59 Å². The number of nitrogens with two attached hydrogens (primary N) is 1. The van der Waals surface area contributed by atoms with Crippen LogP contribution < -0.4 is 16.4 Å². The summed E-state index contributed by atoms with van der Waals surface area (Å²) in [6, 6.07) is 6.42. The van der Waals surface area contributed by atoms with Gasteiger partial charge < -0.3 is 16.4 Å². The van der Waals surface area contributed by atoms with E-state index in [1.807, 2.05) is 0 Å². The van der Waals surface area contributed by atoms with Crippen LogP contribution in [0.3, 0.4) is 0 Å². The molecule has 1 saturated carbocycles. The van der Waals surface area contributed by atoms with Crippen LogP contribution >= 0.6 is 11.6 Å². The van der Waals surface area contributed by atoms with Crippen molar-refractivity contribution in [3.63, 3.8) is 0 Å². The van der Waals surface area contributed by atoms with Crippen molar-refractivity contribution in [1.82, 2.24) is 5.32 Å². The van der Waals surface area contributed by atoms with Crippen molar-refractivity contribution >= 4 is 29.1 Å². The number of primary amides is 1. The molecule has 0 saturated heterocycles. The number of anilines is 1. The molecule has 1 aromatic rings. The standard InChI is InChI=1S/C13H16ClN3O2/c14-8-1-3-9(4-2-8)16-11(13(15)19)7-12(18)17-10-5-6-10/h1-4,10-11,16H,5-7H2,(H2,15,19)(H,17,18). The predicted octanol–water partition coefficient (Wildman–Crippen LogP) is 1.27. The van der Waals surface area contributed by atoms with Gasteiger partial charge in [-0.3, -0.25) is 9.59 Å². The molecule has 0 aromatic heterocycles. The maximum Gasteiger partial charge on any atom is 0.240 e. The first-order valence-corrected chi connectivity index (χ1v) is 6.53. The molecule has 0 aliphatic heterocycles. The molecule has 0 bridgehead atoms. The van der Waals surface area contributed by atoms with E-state index in [1.54, 1.807) is 24.3 Å². The molecule has 0 radical (unpaired) electrons. The van der Waals surface area contributed by atoms with Gasteiger partial charge in [0, 0.05) is 16.8 Å². The van der Waals surface area contributed by atoms with Gasteiger partial charge in [-0.2, -0.15) is 0 Å². The molecule has 19 heavy (non-hydrogen) atoms. The Morgan fingerprint density at radius 2 is 1.95 bits per heavy atom. The Hall–Kier alpha value is -1.75. The highest BCUT2D eigenvalue weighted by Gasteiger charge is 2.26. The van der Waals surface area contributed by atoms with Crippen LogP contribution in [0.4, 0.5) is 5.69 Å². The number of rotatable bonds is 6. The van der Waals surface area contributed by atoms with Gasteiger partial charge in [-0.05, 0) is 37.1 Å². The molecule has 1 atom stereocenters. The minimum absolute atomic E-state index is 0.0362. The van der Waals surface area contributed by atoms with E-state index in [0.29, 0.717) is 10.7 Å². The third-order valence-corrected chi connectivity index (χ3v) is 3.11. The van der Waals surface area contributed by atoms with Crippen LogP contribution in [0.25, 0.3) is 0 Å². The zero-order valence-corrected chi connectivity index (χ0v) is 11.1. The molecule has 6 heteroatoms. The van der Waals surface area contributed by atoms with E-state index in [0.717, 1.165) is 12.8 Å². The molecule has 2 rings (SSSR count). The Bertz CT molecular complexity index is 471. The topological polar surface area (TPSA) is 84.2 Å². The van der Waals surface area contributed by atoms with Crippen molar-refractivity contribution in [2.75, 3.05) is 5.32 Å². The minimum atomic E-state index is -0.722. The van der Waals surface area contributed by atoms with Crippen molar-refractivity contribution in [1.29, 1.82) is 0 Å². The number of benzene rings is 1. The van der Waals surface area contributed by atoms with Crippen LogP contribution in [0, 0.1) is 0 Å². The Morgan fingerprint density at radius 3 is 2.47 bits per heavy atom. The van der Waals surface area contributed by atoms with Gasteiger partial charge in [-0.15, -0.1) is 0 Å². The summed E-state index contributed by atoms with van der Waals surface area (Å²) < 4.78 is 0. The summed E-state index contributed by atoms with van der Waals surface area (Å²) in [5.74, 6) is -0.714. The number of hydrogen-bond acceptors (Lipinski definition) is 3. The molecule has 1 aromatic carbocycles. The Labute approximate surface area is 116 Å². The number of carbonyl (C=O) groups excluding carboxylic acids is 2. The minimum Gasteiger partial charge on any atom is -0.373 e. The van der Waals surface area contributed by atoms with E-state index < -0.39 is 11.9 Å². The quantitative estimate of drug-likeness (QED) is 0.734. The van der Waals surface area contributed by atoms with Gasteiger partial charge in [0.05, 0.1) is 6.42 Å². The molecule has 5 nitrogen and oxygen atoms in total. The van der Waals surface area contributed by atoms with Gasteiger partial charge in [-0.1, -0.05) is 11.6 Å². The fraction of sp³-hybridized carbons (Fsp3) is 0.385. The lowest BCUT2D eigenvalue weighted by Crippen LogP contribution is -2.40. The summed E-state index contributed by atoms with van der Waals surface area (Å²) in [6.07, 6.45) is 2.06. The second kappa shape index (κ2) is 5.93. The lowest BCUT2D eigenvalue weighted by molar-refractivity contribution is -0.125. The molecule has 0 spiro atoms. The second-order valence-corrected chi connectivity index (χ2v) is 5.09. The van der Waals surface area contributed by atoms with Crippen molar-refractivity contribution in [3.8, 4) is 0 Å². The van der Waals surface area contributed by atoms with Crippen LogP contribution in [-0.4, -0.2) is 23.9 Å². The number of amides is 2. The van der Waals surface area contributed by atoms with E-state index in [9.17, 15) is 9.59 Å². The molecule has 1 unspecified atom stereocenters. The number of nitrogens with one attached hydrogen (secondary N) is 2. The Balaban J connectivity index is 1.93. The van der Waals surface area contributed by atoms with E-state index >= 15 is 0 Å². The van der Waals surface area contributed by atoms with Gasteiger partial charge in [0.1, 0.15) is 6.04 Å². The first kappa shape index (κ1) is 13.7. The van der Waals surface area contributed by atoms with Crippen LogP contribution in [0.2, 0.25) is 5.02 Å². The highest BCUT2D eigenvalue weighted by Crippen LogP contribution is 2.19. The summed E-state index contributed by atoms with van der Waals surface area (Å²) in [7, 11) is 0. The van der Waals surface area contributed by atoms with E-state index in [2.05, 4.69) is 10.6 Å². The maximum absolute atomic E-state index is 11.7. The lowest BCUT2D eigenvalue weighted by Gasteiger charge is -2.16. The fourth-order valence-corrected chi connectivity index (χ4v) is 1.80. The Morgan fingerprint density at radius 1 is 1.32 bits per heavy atom. The SMILES string of the molecule is NC(=O)C(CC(=O)NC1CC1)Nc1ccc(Cl)cc1. The molecule has 2 amide bonds. The van der Waals surface area contributed by atoms with Crippen LogP contribution in [-0.2, 0) is 9.59 Å². The zero-order valence-electron chi connectivity index (χ0n) is 10.4. The number of halogens is 1. The summed E-state index contributed by atoms with van der Waals surface area (Å²) in [6.45, 7) is 0. The monoisotopic (exact) mass is 281 g/mol.